The smallest absolute Gasteiger partial charge is 0.213 e. The number of allylic oxidation sites excluding steroid dienone is 1. The van der Waals surface area contributed by atoms with E-state index in [9.17, 15) is 0 Å². The van der Waals surface area contributed by atoms with E-state index in [0.717, 1.165) is 56.2 Å². The molecule has 0 amide bonds. The second-order valence-electron chi connectivity index (χ2n) is 8.57. The Hall–Kier alpha value is -2.08. The summed E-state index contributed by atoms with van der Waals surface area (Å²) in [7, 11) is 2.14. The fourth-order valence-corrected chi connectivity index (χ4v) is 5.18. The van der Waals surface area contributed by atoms with Crippen molar-refractivity contribution in [1.82, 2.24) is 9.88 Å². The van der Waals surface area contributed by atoms with Gasteiger partial charge in [0, 0.05) is 29.5 Å². The van der Waals surface area contributed by atoms with Gasteiger partial charge in [-0.05, 0) is 74.6 Å². The molecule has 0 unspecified atom stereocenters. The summed E-state index contributed by atoms with van der Waals surface area (Å²) in [6, 6.07) is 9.89. The van der Waals surface area contributed by atoms with E-state index >= 15 is 0 Å². The van der Waals surface area contributed by atoms with Crippen LogP contribution in [0, 0.1) is 5.92 Å². The number of ether oxygens (including phenoxy) is 1. The van der Waals surface area contributed by atoms with Gasteiger partial charge in [0.2, 0.25) is 5.88 Å². The van der Waals surface area contributed by atoms with Crippen LogP contribution in [0.5, 0.6) is 5.88 Å². The van der Waals surface area contributed by atoms with Gasteiger partial charge in [-0.3, -0.25) is 9.89 Å². The van der Waals surface area contributed by atoms with Crippen molar-refractivity contribution >= 4 is 34.7 Å². The molecule has 0 atom stereocenters. The number of benzene rings is 1. The van der Waals surface area contributed by atoms with Crippen LogP contribution in [0.2, 0.25) is 10.0 Å². The molecule has 1 aromatic heterocycles. The predicted molar refractivity (Wildman–Crippen MR) is 126 cm³/mol. The van der Waals surface area contributed by atoms with Gasteiger partial charge in [-0.25, -0.2) is 4.98 Å². The largest absolute Gasteiger partial charge is 0.474 e. The Morgan fingerprint density at radius 3 is 2.58 bits per heavy atom. The molecule has 0 spiro atoms. The third kappa shape index (κ3) is 4.45. The maximum absolute atomic E-state index is 6.32. The maximum Gasteiger partial charge on any atom is 0.213 e. The summed E-state index contributed by atoms with van der Waals surface area (Å²) >= 11 is 12.3. The first kappa shape index (κ1) is 20.8. The van der Waals surface area contributed by atoms with Gasteiger partial charge in [0.25, 0.3) is 0 Å². The van der Waals surface area contributed by atoms with Gasteiger partial charge in [-0.2, -0.15) is 0 Å². The molecule has 5 rings (SSSR count). The Balaban J connectivity index is 1.33. The van der Waals surface area contributed by atoms with Crippen molar-refractivity contribution in [2.24, 2.45) is 10.9 Å². The van der Waals surface area contributed by atoms with Crippen LogP contribution >= 0.6 is 23.2 Å². The average molecular weight is 457 g/mol. The summed E-state index contributed by atoms with van der Waals surface area (Å²) in [6.45, 7) is 2.46. The normalized spacial score (nSPS) is 23.9. The van der Waals surface area contributed by atoms with Gasteiger partial charge in [-0.1, -0.05) is 23.2 Å². The summed E-state index contributed by atoms with van der Waals surface area (Å²) in [5.41, 5.74) is 3.84. The van der Waals surface area contributed by atoms with E-state index in [0.29, 0.717) is 16.8 Å². The summed E-state index contributed by atoms with van der Waals surface area (Å²) in [6.07, 6.45) is 8.35. The summed E-state index contributed by atoms with van der Waals surface area (Å²) in [4.78, 5) is 13.8. The second kappa shape index (κ2) is 8.81. The van der Waals surface area contributed by atoms with E-state index < -0.39 is 0 Å². The van der Waals surface area contributed by atoms with Crippen LogP contribution in [0.1, 0.15) is 31.2 Å². The van der Waals surface area contributed by atoms with Crippen molar-refractivity contribution < 1.29 is 4.74 Å². The molecule has 0 saturated heterocycles. The van der Waals surface area contributed by atoms with Crippen molar-refractivity contribution in [2.75, 3.05) is 25.0 Å². The van der Waals surface area contributed by atoms with E-state index in [-0.39, 0.29) is 6.10 Å². The number of aromatic nitrogens is 1. The summed E-state index contributed by atoms with van der Waals surface area (Å²) in [5, 5.41) is 1.41. The lowest BCUT2D eigenvalue weighted by molar-refractivity contribution is 0.133. The van der Waals surface area contributed by atoms with Gasteiger partial charge >= 0.3 is 0 Å². The molecular weight excluding hydrogens is 431 g/mol. The van der Waals surface area contributed by atoms with Crippen molar-refractivity contribution in [2.45, 2.75) is 38.3 Å². The minimum atomic E-state index is 0.198. The second-order valence-corrected chi connectivity index (χ2v) is 9.45. The average Bonchev–Trinajstić information content (AvgIpc) is 2.90. The standard InChI is InChI=1S/C24H26Cl2N4O/c1-29-14-17-12-18(25)4-8-21(17)30-22(10-11-27-23(30)15-29)16-2-6-20(7-3-16)31-24-9-5-19(26)13-28-24/h4-5,8-10,12-13,16,20H,2-3,6-7,11,14-15H2,1H3. The van der Waals surface area contributed by atoms with E-state index in [2.05, 4.69) is 40.0 Å². The number of halogens is 2. The number of rotatable bonds is 3. The summed E-state index contributed by atoms with van der Waals surface area (Å²) < 4.78 is 6.11. The van der Waals surface area contributed by atoms with Gasteiger partial charge in [0.05, 0.1) is 23.8 Å². The highest BCUT2D eigenvalue weighted by atomic mass is 35.5. The zero-order valence-electron chi connectivity index (χ0n) is 17.6. The van der Waals surface area contributed by atoms with E-state index in [1.54, 1.807) is 6.20 Å². The minimum absolute atomic E-state index is 0.198. The summed E-state index contributed by atoms with van der Waals surface area (Å²) in [5.74, 6) is 2.28. The zero-order valence-corrected chi connectivity index (χ0v) is 19.1. The molecule has 1 fully saturated rings. The van der Waals surface area contributed by atoms with Crippen LogP contribution in [-0.2, 0) is 6.54 Å². The van der Waals surface area contributed by atoms with Gasteiger partial charge in [-0.15, -0.1) is 0 Å². The lowest BCUT2D eigenvalue weighted by atomic mass is 9.84. The predicted octanol–water partition coefficient (Wildman–Crippen LogP) is 5.57. The van der Waals surface area contributed by atoms with E-state index in [1.165, 1.54) is 16.9 Å². The maximum atomic E-state index is 6.32. The Morgan fingerprint density at radius 2 is 1.81 bits per heavy atom. The SMILES string of the molecule is CN1CC2=NCC=C(C3CCC(Oc4ccc(Cl)cn4)CC3)N2c2ccc(Cl)cc2C1. The topological polar surface area (TPSA) is 41.0 Å². The molecule has 1 aromatic carbocycles. The van der Waals surface area contributed by atoms with Crippen molar-refractivity contribution in [1.29, 1.82) is 0 Å². The van der Waals surface area contributed by atoms with E-state index in [1.807, 2.05) is 18.2 Å². The van der Waals surface area contributed by atoms with Crippen LogP contribution in [0.15, 0.2) is 53.3 Å². The molecule has 31 heavy (non-hydrogen) atoms. The van der Waals surface area contributed by atoms with Crippen molar-refractivity contribution in [3.63, 3.8) is 0 Å². The number of nitrogens with zero attached hydrogens (tertiary/aromatic N) is 4. The van der Waals surface area contributed by atoms with Crippen LogP contribution in [0.25, 0.3) is 0 Å². The number of amidine groups is 1. The molecule has 7 heteroatoms. The van der Waals surface area contributed by atoms with Crippen LogP contribution in [0.4, 0.5) is 5.69 Å². The number of hydrogen-bond donors (Lipinski definition) is 0. The monoisotopic (exact) mass is 456 g/mol. The van der Waals surface area contributed by atoms with Crippen molar-refractivity contribution in [3.05, 3.63) is 63.9 Å². The highest BCUT2D eigenvalue weighted by molar-refractivity contribution is 6.31. The molecule has 0 bridgehead atoms. The molecule has 2 aromatic rings. The Bertz CT molecular complexity index is 1010. The van der Waals surface area contributed by atoms with Gasteiger partial charge in [0.1, 0.15) is 11.9 Å². The minimum Gasteiger partial charge on any atom is -0.474 e. The number of fused-ring (bicyclic) bond motifs is 3. The highest BCUT2D eigenvalue weighted by Gasteiger charge is 2.34. The van der Waals surface area contributed by atoms with Gasteiger partial charge in [0.15, 0.2) is 0 Å². The fraction of sp³-hybridized carbons (Fsp3) is 0.417. The van der Waals surface area contributed by atoms with Gasteiger partial charge < -0.3 is 9.64 Å². The number of likely N-dealkylation sites (N-methyl/N-ethyl adjacent to an activating group) is 1. The zero-order chi connectivity index (χ0) is 21.4. The molecule has 3 aliphatic rings. The van der Waals surface area contributed by atoms with Crippen molar-refractivity contribution in [3.8, 4) is 5.88 Å². The molecule has 1 saturated carbocycles. The van der Waals surface area contributed by atoms with Crippen LogP contribution in [0.3, 0.4) is 0 Å². The Morgan fingerprint density at radius 1 is 1.00 bits per heavy atom. The Labute approximate surface area is 193 Å². The molecule has 2 aliphatic heterocycles. The Kier molecular flexibility index (Phi) is 5.91. The molecular formula is C24H26Cl2N4O. The number of hydrogen-bond acceptors (Lipinski definition) is 5. The lowest BCUT2D eigenvalue weighted by Crippen LogP contribution is -2.41. The quantitative estimate of drug-likeness (QED) is 0.604. The number of aliphatic imine (C=N–C) groups is 1. The first-order chi connectivity index (χ1) is 15.1. The fourth-order valence-electron chi connectivity index (χ4n) is 4.87. The third-order valence-corrected chi connectivity index (χ3v) is 6.76. The molecule has 162 valence electrons. The number of pyridine rings is 1. The van der Waals surface area contributed by atoms with Crippen LogP contribution in [-0.4, -0.2) is 42.0 Å². The third-order valence-electron chi connectivity index (χ3n) is 6.30. The highest BCUT2D eigenvalue weighted by Crippen LogP contribution is 2.39. The molecule has 5 nitrogen and oxygen atoms in total. The molecule has 1 aliphatic carbocycles. The van der Waals surface area contributed by atoms with E-state index in [4.69, 9.17) is 32.9 Å². The first-order valence-electron chi connectivity index (χ1n) is 10.9. The molecule has 0 N–H and O–H groups in total. The lowest BCUT2D eigenvalue weighted by Gasteiger charge is -2.38. The number of anilines is 1. The molecule has 0 radical (unpaired) electrons. The molecule has 3 heterocycles. The van der Waals surface area contributed by atoms with Crippen LogP contribution < -0.4 is 9.64 Å². The first-order valence-corrected chi connectivity index (χ1v) is 11.6.